The fourth-order valence-corrected chi connectivity index (χ4v) is 6.17. The van der Waals surface area contributed by atoms with Crippen molar-refractivity contribution in [2.75, 3.05) is 5.32 Å². The third kappa shape index (κ3) is 4.24. The standard InChI is InChI=1S/C30H28N4O2/c35-29(34-28-14-16-31-20-33-28)22-5-8-23(9-6-22)30(18-21-4-7-25(30)17-21)24-10-12-27(13-11-24)36-19-26-3-1-2-15-32-26/h1-3,5-6,8-16,20-21,25H,4,7,17-19H2,(H,31,33,34,35)/t21-,25+,30+/m1/s1. The van der Waals surface area contributed by atoms with Gasteiger partial charge in [0.1, 0.15) is 24.5 Å². The van der Waals surface area contributed by atoms with Gasteiger partial charge in [0.15, 0.2) is 0 Å². The number of nitrogens with zero attached hydrogens (tertiary/aromatic N) is 3. The molecule has 6 heteroatoms. The summed E-state index contributed by atoms with van der Waals surface area (Å²) >= 11 is 0. The van der Waals surface area contributed by atoms with Crippen molar-refractivity contribution in [1.82, 2.24) is 15.0 Å². The number of carbonyl (C=O) groups excluding carboxylic acids is 1. The Kier molecular flexibility index (Phi) is 5.93. The lowest BCUT2D eigenvalue weighted by atomic mass is 9.64. The SMILES string of the molecule is O=C(Nc1ccncn1)c1ccc([C@]2(c3ccc(OCc4ccccn4)cc3)C[C@@H]3CC[C@H]2C3)cc1. The van der Waals surface area contributed by atoms with Gasteiger partial charge in [-0.15, -0.1) is 0 Å². The van der Waals surface area contributed by atoms with Gasteiger partial charge in [0.25, 0.3) is 5.91 Å². The predicted octanol–water partition coefficient (Wildman–Crippen LogP) is 5.81. The van der Waals surface area contributed by atoms with E-state index >= 15 is 0 Å². The molecule has 2 bridgehead atoms. The Morgan fingerprint density at radius 2 is 1.72 bits per heavy atom. The molecule has 2 aliphatic rings. The average Bonchev–Trinajstić information content (AvgIpc) is 3.56. The zero-order valence-corrected chi connectivity index (χ0v) is 20.0. The number of rotatable bonds is 7. The molecule has 0 saturated heterocycles. The van der Waals surface area contributed by atoms with Crippen LogP contribution < -0.4 is 10.1 Å². The highest BCUT2D eigenvalue weighted by atomic mass is 16.5. The van der Waals surface area contributed by atoms with Crippen LogP contribution in [0.3, 0.4) is 0 Å². The number of hydrogen-bond acceptors (Lipinski definition) is 5. The molecular weight excluding hydrogens is 448 g/mol. The van der Waals surface area contributed by atoms with E-state index in [0.29, 0.717) is 23.9 Å². The molecule has 1 N–H and O–H groups in total. The van der Waals surface area contributed by atoms with Crippen molar-refractivity contribution < 1.29 is 9.53 Å². The molecule has 3 atom stereocenters. The molecule has 2 aliphatic carbocycles. The highest BCUT2D eigenvalue weighted by Crippen LogP contribution is 2.60. The first-order valence-electron chi connectivity index (χ1n) is 12.5. The molecule has 2 aromatic carbocycles. The van der Waals surface area contributed by atoms with Crippen LogP contribution >= 0.6 is 0 Å². The average molecular weight is 477 g/mol. The molecule has 2 fully saturated rings. The summed E-state index contributed by atoms with van der Waals surface area (Å²) in [5.74, 6) is 2.55. The predicted molar refractivity (Wildman–Crippen MR) is 138 cm³/mol. The minimum absolute atomic E-state index is 0.0237. The summed E-state index contributed by atoms with van der Waals surface area (Å²) in [7, 11) is 0. The number of anilines is 1. The van der Waals surface area contributed by atoms with Gasteiger partial charge in [-0.2, -0.15) is 0 Å². The van der Waals surface area contributed by atoms with Crippen molar-refractivity contribution in [3.05, 3.63) is 114 Å². The summed E-state index contributed by atoms with van der Waals surface area (Å²) in [6, 6.07) is 24.3. The Balaban J connectivity index is 1.24. The van der Waals surface area contributed by atoms with Crippen LogP contribution in [0.25, 0.3) is 0 Å². The third-order valence-electron chi connectivity index (χ3n) is 7.82. The third-order valence-corrected chi connectivity index (χ3v) is 7.82. The molecule has 180 valence electrons. The normalized spacial score (nSPS) is 22.3. The topological polar surface area (TPSA) is 77.0 Å². The van der Waals surface area contributed by atoms with Gasteiger partial charge in [0, 0.05) is 23.4 Å². The molecule has 0 unspecified atom stereocenters. The molecule has 6 nitrogen and oxygen atoms in total. The maximum Gasteiger partial charge on any atom is 0.256 e. The smallest absolute Gasteiger partial charge is 0.256 e. The van der Waals surface area contributed by atoms with Gasteiger partial charge in [-0.05, 0) is 84.7 Å². The molecule has 6 rings (SSSR count). The quantitative estimate of drug-likeness (QED) is 0.364. The van der Waals surface area contributed by atoms with E-state index in [1.807, 2.05) is 30.3 Å². The van der Waals surface area contributed by atoms with Gasteiger partial charge in [0.2, 0.25) is 0 Å². The molecule has 2 heterocycles. The van der Waals surface area contributed by atoms with Crippen LogP contribution in [0, 0.1) is 11.8 Å². The maximum atomic E-state index is 12.7. The van der Waals surface area contributed by atoms with Gasteiger partial charge in [0.05, 0.1) is 5.69 Å². The van der Waals surface area contributed by atoms with Crippen LogP contribution in [0.2, 0.25) is 0 Å². The van der Waals surface area contributed by atoms with Crippen LogP contribution in [0.1, 0.15) is 52.9 Å². The maximum absolute atomic E-state index is 12.7. The Bertz CT molecular complexity index is 1330. The van der Waals surface area contributed by atoms with Gasteiger partial charge >= 0.3 is 0 Å². The highest BCUT2D eigenvalue weighted by molar-refractivity contribution is 6.03. The molecule has 2 aromatic heterocycles. The lowest BCUT2D eigenvalue weighted by Crippen LogP contribution is -2.34. The van der Waals surface area contributed by atoms with E-state index < -0.39 is 0 Å². The van der Waals surface area contributed by atoms with Gasteiger partial charge in [-0.1, -0.05) is 36.8 Å². The summed E-state index contributed by atoms with van der Waals surface area (Å²) < 4.78 is 5.99. The van der Waals surface area contributed by atoms with E-state index in [2.05, 4.69) is 56.7 Å². The molecule has 0 spiro atoms. The molecule has 2 saturated carbocycles. The van der Waals surface area contributed by atoms with Crippen molar-refractivity contribution in [2.24, 2.45) is 11.8 Å². The van der Waals surface area contributed by atoms with E-state index in [-0.39, 0.29) is 11.3 Å². The number of aromatic nitrogens is 3. The zero-order valence-electron chi connectivity index (χ0n) is 20.0. The summed E-state index contributed by atoms with van der Waals surface area (Å²) in [4.78, 5) is 25.0. The first-order chi connectivity index (χ1) is 17.7. The number of amides is 1. The lowest BCUT2D eigenvalue weighted by molar-refractivity contribution is 0.102. The first kappa shape index (κ1) is 22.4. The number of nitrogens with one attached hydrogen (secondary N) is 1. The van der Waals surface area contributed by atoms with Crippen LogP contribution in [0.5, 0.6) is 5.75 Å². The number of pyridine rings is 1. The van der Waals surface area contributed by atoms with Crippen molar-refractivity contribution in [1.29, 1.82) is 0 Å². The Morgan fingerprint density at radius 1 is 0.917 bits per heavy atom. The van der Waals surface area contributed by atoms with Crippen LogP contribution in [0.15, 0.2) is 91.5 Å². The van der Waals surface area contributed by atoms with Gasteiger partial charge < -0.3 is 10.1 Å². The van der Waals surface area contributed by atoms with E-state index in [9.17, 15) is 4.79 Å². The first-order valence-corrected chi connectivity index (χ1v) is 12.5. The zero-order chi connectivity index (χ0) is 24.4. The Morgan fingerprint density at radius 3 is 2.36 bits per heavy atom. The molecule has 4 aromatic rings. The second kappa shape index (κ2) is 9.53. The minimum atomic E-state index is -0.170. The van der Waals surface area contributed by atoms with Gasteiger partial charge in [-0.25, -0.2) is 9.97 Å². The fourth-order valence-electron chi connectivity index (χ4n) is 6.17. The van der Waals surface area contributed by atoms with E-state index in [1.165, 1.54) is 36.7 Å². The summed E-state index contributed by atoms with van der Waals surface area (Å²) in [6.07, 6.45) is 9.80. The molecule has 1 amide bonds. The number of fused-ring (bicyclic) bond motifs is 2. The summed E-state index contributed by atoms with van der Waals surface area (Å²) in [6.45, 7) is 0.453. The molecule has 36 heavy (non-hydrogen) atoms. The number of carbonyl (C=O) groups is 1. The fraction of sp³-hybridized carbons (Fsp3) is 0.267. The lowest BCUT2D eigenvalue weighted by Gasteiger charge is -2.39. The minimum Gasteiger partial charge on any atom is -0.487 e. The number of hydrogen-bond donors (Lipinski definition) is 1. The van der Waals surface area contributed by atoms with Crippen molar-refractivity contribution in [3.8, 4) is 5.75 Å². The monoisotopic (exact) mass is 476 g/mol. The number of ether oxygens (including phenoxy) is 1. The molecule has 0 radical (unpaired) electrons. The Labute approximate surface area is 210 Å². The summed E-state index contributed by atoms with van der Waals surface area (Å²) in [5.41, 5.74) is 4.13. The van der Waals surface area contributed by atoms with Crippen molar-refractivity contribution in [3.63, 3.8) is 0 Å². The van der Waals surface area contributed by atoms with Crippen LogP contribution in [-0.4, -0.2) is 20.9 Å². The highest BCUT2D eigenvalue weighted by Gasteiger charge is 2.52. The van der Waals surface area contributed by atoms with Crippen LogP contribution in [-0.2, 0) is 12.0 Å². The van der Waals surface area contributed by atoms with Crippen molar-refractivity contribution >= 4 is 11.7 Å². The molecular formula is C30H28N4O2. The second-order valence-corrected chi connectivity index (χ2v) is 9.81. The van der Waals surface area contributed by atoms with Gasteiger partial charge in [-0.3, -0.25) is 9.78 Å². The summed E-state index contributed by atoms with van der Waals surface area (Å²) in [5, 5.41) is 2.84. The van der Waals surface area contributed by atoms with Crippen molar-refractivity contribution in [2.45, 2.75) is 37.7 Å². The molecule has 0 aliphatic heterocycles. The Hall–Kier alpha value is -4.06. The van der Waals surface area contributed by atoms with Crippen LogP contribution in [0.4, 0.5) is 5.82 Å². The van der Waals surface area contributed by atoms with E-state index in [0.717, 1.165) is 23.8 Å². The van der Waals surface area contributed by atoms with E-state index in [1.54, 1.807) is 18.5 Å². The largest absolute Gasteiger partial charge is 0.487 e. The number of benzene rings is 2. The van der Waals surface area contributed by atoms with E-state index in [4.69, 9.17) is 4.74 Å². The second-order valence-electron chi connectivity index (χ2n) is 9.81.